The molecule has 0 aromatic heterocycles. The van der Waals surface area contributed by atoms with Crippen LogP contribution in [0.3, 0.4) is 0 Å². The number of rotatable bonds is 6. The molecule has 0 atom stereocenters. The largest absolute Gasteiger partial charge is 0.459 e. The van der Waals surface area contributed by atoms with Crippen LogP contribution in [-0.2, 0) is 10.9 Å². The summed E-state index contributed by atoms with van der Waals surface area (Å²) in [6.45, 7) is 3.05. The number of halogens is 3. The Labute approximate surface area is 161 Å². The zero-order chi connectivity index (χ0) is 21.9. The molecule has 12 heteroatoms. The predicted molar refractivity (Wildman–Crippen MR) is 91.8 cm³/mol. The number of ether oxygens (including phenoxy) is 2. The van der Waals surface area contributed by atoms with Gasteiger partial charge < -0.3 is 9.47 Å². The Hall–Kier alpha value is -3.70. The van der Waals surface area contributed by atoms with E-state index in [-0.39, 0.29) is 5.75 Å². The van der Waals surface area contributed by atoms with Crippen molar-refractivity contribution >= 4 is 17.3 Å². The maximum absolute atomic E-state index is 12.8. The lowest BCUT2D eigenvalue weighted by molar-refractivity contribution is -0.385. The number of hydrogen-bond donors (Lipinski definition) is 0. The van der Waals surface area contributed by atoms with E-state index >= 15 is 0 Å². The fraction of sp³-hybridized carbons (Fsp3) is 0.235. The van der Waals surface area contributed by atoms with Crippen LogP contribution in [-0.4, -0.2) is 21.9 Å². The molecule has 0 aliphatic rings. The molecule has 0 bridgehead atoms. The van der Waals surface area contributed by atoms with E-state index in [9.17, 15) is 38.2 Å². The van der Waals surface area contributed by atoms with E-state index in [0.29, 0.717) is 12.1 Å². The Morgan fingerprint density at radius 2 is 1.62 bits per heavy atom. The normalized spacial score (nSPS) is 11.2. The quantitative estimate of drug-likeness (QED) is 0.375. The highest BCUT2D eigenvalue weighted by atomic mass is 19.4. The minimum absolute atomic E-state index is 0.242. The number of nitro benzene ring substituents is 2. The van der Waals surface area contributed by atoms with Crippen LogP contribution >= 0.6 is 0 Å². The molecule has 2 aromatic rings. The van der Waals surface area contributed by atoms with Gasteiger partial charge in [-0.05, 0) is 32.0 Å². The highest BCUT2D eigenvalue weighted by molar-refractivity contribution is 5.94. The lowest BCUT2D eigenvalue weighted by Gasteiger charge is -2.12. The first-order valence-corrected chi connectivity index (χ1v) is 7.93. The van der Waals surface area contributed by atoms with E-state index in [1.54, 1.807) is 0 Å². The Morgan fingerprint density at radius 3 is 2.14 bits per heavy atom. The van der Waals surface area contributed by atoms with Gasteiger partial charge in [0.15, 0.2) is 0 Å². The molecule has 0 radical (unpaired) electrons. The molecule has 2 aromatic carbocycles. The van der Waals surface area contributed by atoms with Crippen molar-refractivity contribution in [1.29, 1.82) is 0 Å². The van der Waals surface area contributed by atoms with E-state index in [4.69, 9.17) is 9.47 Å². The van der Waals surface area contributed by atoms with Crippen LogP contribution in [0.25, 0.3) is 0 Å². The topological polar surface area (TPSA) is 122 Å². The predicted octanol–water partition coefficient (Wildman–Crippen LogP) is 4.88. The first-order valence-electron chi connectivity index (χ1n) is 7.93. The summed E-state index contributed by atoms with van der Waals surface area (Å²) >= 11 is 0. The molecule has 0 aliphatic carbocycles. The van der Waals surface area contributed by atoms with Crippen molar-refractivity contribution in [1.82, 2.24) is 0 Å². The fourth-order valence-electron chi connectivity index (χ4n) is 2.23. The van der Waals surface area contributed by atoms with Crippen molar-refractivity contribution < 1.29 is 37.3 Å². The van der Waals surface area contributed by atoms with Crippen LogP contribution in [0, 0.1) is 20.2 Å². The third kappa shape index (κ3) is 5.18. The minimum atomic E-state index is -4.80. The number of alkyl halides is 3. The zero-order valence-corrected chi connectivity index (χ0v) is 14.9. The van der Waals surface area contributed by atoms with E-state index in [2.05, 4.69) is 0 Å². The smallest absolute Gasteiger partial charge is 0.416 e. The van der Waals surface area contributed by atoms with Crippen molar-refractivity contribution in [3.63, 3.8) is 0 Å². The van der Waals surface area contributed by atoms with E-state index in [1.807, 2.05) is 0 Å². The first kappa shape index (κ1) is 21.6. The van der Waals surface area contributed by atoms with Crippen molar-refractivity contribution in [3.05, 3.63) is 67.8 Å². The number of carbonyl (C=O) groups excluding carboxylic acids is 1. The molecule has 0 fully saturated rings. The lowest BCUT2D eigenvalue weighted by atomic mass is 10.1. The van der Waals surface area contributed by atoms with Gasteiger partial charge in [-0.15, -0.1) is 0 Å². The Balaban J connectivity index is 2.48. The fourth-order valence-corrected chi connectivity index (χ4v) is 2.23. The van der Waals surface area contributed by atoms with Crippen LogP contribution in [0.15, 0.2) is 36.4 Å². The van der Waals surface area contributed by atoms with Crippen LogP contribution in [0.4, 0.5) is 24.5 Å². The molecular formula is C17H13F3N2O7. The maximum atomic E-state index is 12.8. The Morgan fingerprint density at radius 1 is 1.00 bits per heavy atom. The number of nitrogens with zero attached hydrogens (tertiary/aromatic N) is 2. The molecule has 0 heterocycles. The second-order valence-electron chi connectivity index (χ2n) is 5.93. The summed E-state index contributed by atoms with van der Waals surface area (Å²) in [5, 5.41) is 22.2. The summed E-state index contributed by atoms with van der Waals surface area (Å²) < 4.78 is 48.5. The SMILES string of the molecule is CC(C)OC(=O)c1cc(Oc2ccc(C(F)(F)F)cc2[N+](=O)[O-])ccc1[N+](=O)[O-]. The molecule has 2 rings (SSSR count). The molecular weight excluding hydrogens is 401 g/mol. The number of esters is 1. The van der Waals surface area contributed by atoms with Gasteiger partial charge in [-0.2, -0.15) is 13.2 Å². The van der Waals surface area contributed by atoms with Crippen molar-refractivity contribution in [2.75, 3.05) is 0 Å². The van der Waals surface area contributed by atoms with Gasteiger partial charge >= 0.3 is 17.8 Å². The van der Waals surface area contributed by atoms with Gasteiger partial charge in [0.25, 0.3) is 5.69 Å². The molecule has 154 valence electrons. The first-order chi connectivity index (χ1) is 13.4. The molecule has 0 aliphatic heterocycles. The van der Waals surface area contributed by atoms with Crippen molar-refractivity contribution in [2.24, 2.45) is 0 Å². The van der Waals surface area contributed by atoms with Crippen LogP contribution < -0.4 is 4.74 Å². The summed E-state index contributed by atoms with van der Waals surface area (Å²) in [5.74, 6) is -1.81. The van der Waals surface area contributed by atoms with Crippen molar-refractivity contribution in [3.8, 4) is 11.5 Å². The Kier molecular flexibility index (Phi) is 6.05. The summed E-state index contributed by atoms with van der Waals surface area (Å²) in [5.41, 5.74) is -3.29. The number of carbonyl (C=O) groups is 1. The zero-order valence-electron chi connectivity index (χ0n) is 14.9. The minimum Gasteiger partial charge on any atom is -0.459 e. The van der Waals surface area contributed by atoms with Gasteiger partial charge in [-0.25, -0.2) is 4.79 Å². The highest BCUT2D eigenvalue weighted by Crippen LogP contribution is 2.38. The van der Waals surface area contributed by atoms with Gasteiger partial charge in [0.1, 0.15) is 11.3 Å². The number of nitro groups is 2. The summed E-state index contributed by atoms with van der Waals surface area (Å²) in [6, 6.07) is 4.52. The summed E-state index contributed by atoms with van der Waals surface area (Å²) in [7, 11) is 0. The molecule has 0 saturated heterocycles. The molecule has 29 heavy (non-hydrogen) atoms. The Bertz CT molecular complexity index is 974. The monoisotopic (exact) mass is 414 g/mol. The average Bonchev–Trinajstić information content (AvgIpc) is 2.60. The number of hydrogen-bond acceptors (Lipinski definition) is 7. The van der Waals surface area contributed by atoms with E-state index < -0.39 is 56.3 Å². The van der Waals surface area contributed by atoms with Gasteiger partial charge in [0, 0.05) is 18.2 Å². The van der Waals surface area contributed by atoms with Crippen LogP contribution in [0.1, 0.15) is 29.8 Å². The highest BCUT2D eigenvalue weighted by Gasteiger charge is 2.33. The lowest BCUT2D eigenvalue weighted by Crippen LogP contribution is -2.13. The van der Waals surface area contributed by atoms with E-state index in [1.165, 1.54) is 13.8 Å². The molecule has 9 nitrogen and oxygen atoms in total. The van der Waals surface area contributed by atoms with Gasteiger partial charge in [-0.1, -0.05) is 0 Å². The molecule has 0 spiro atoms. The van der Waals surface area contributed by atoms with Gasteiger partial charge in [0.2, 0.25) is 5.75 Å². The molecule has 0 unspecified atom stereocenters. The second kappa shape index (κ2) is 8.12. The van der Waals surface area contributed by atoms with Crippen LogP contribution in [0.2, 0.25) is 0 Å². The third-order valence-electron chi connectivity index (χ3n) is 3.44. The van der Waals surface area contributed by atoms with Gasteiger partial charge in [0.05, 0.1) is 21.5 Å². The van der Waals surface area contributed by atoms with Gasteiger partial charge in [-0.3, -0.25) is 20.2 Å². The summed E-state index contributed by atoms with van der Waals surface area (Å²) in [6.07, 6.45) is -5.38. The second-order valence-corrected chi connectivity index (χ2v) is 5.93. The third-order valence-corrected chi connectivity index (χ3v) is 3.44. The average molecular weight is 414 g/mol. The summed E-state index contributed by atoms with van der Waals surface area (Å²) in [4.78, 5) is 32.4. The van der Waals surface area contributed by atoms with Crippen LogP contribution in [0.5, 0.6) is 11.5 Å². The number of benzene rings is 2. The standard InChI is InChI=1S/C17H13F3N2O7/c1-9(2)28-16(23)12-8-11(4-5-13(12)21(24)25)29-15-6-3-10(17(18,19)20)7-14(15)22(26)27/h3-9H,1-2H3. The molecule has 0 amide bonds. The maximum Gasteiger partial charge on any atom is 0.416 e. The van der Waals surface area contributed by atoms with Crippen molar-refractivity contribution in [2.45, 2.75) is 26.1 Å². The molecule has 0 N–H and O–H groups in total. The van der Waals surface area contributed by atoms with E-state index in [0.717, 1.165) is 24.3 Å². The molecule has 0 saturated carbocycles.